The number of halogens is 1. The van der Waals surface area contributed by atoms with E-state index in [-0.39, 0.29) is 36.2 Å². The van der Waals surface area contributed by atoms with Crippen LogP contribution >= 0.6 is 12.4 Å². The molecule has 4 N–H and O–H groups in total. The molecule has 23 heavy (non-hydrogen) atoms. The van der Waals surface area contributed by atoms with Gasteiger partial charge in [0.2, 0.25) is 11.8 Å². The first kappa shape index (κ1) is 21.4. The lowest BCUT2D eigenvalue weighted by Crippen LogP contribution is -2.34. The maximum atomic E-state index is 12.1. The first-order valence-electron chi connectivity index (χ1n) is 7.51. The van der Waals surface area contributed by atoms with Gasteiger partial charge in [0, 0.05) is 22.8 Å². The van der Waals surface area contributed by atoms with Gasteiger partial charge in [-0.25, -0.2) is 0 Å². The zero-order valence-corrected chi connectivity index (χ0v) is 15.5. The monoisotopic (exact) mass is 341 g/mol. The maximum Gasteiger partial charge on any atom is 0.229 e. The number of carbonyl (C=O) groups is 2. The Labute approximate surface area is 144 Å². The van der Waals surface area contributed by atoms with Crippen LogP contribution in [0.4, 0.5) is 11.4 Å². The molecular formula is C17H28ClN3O2. The second kappa shape index (κ2) is 8.31. The van der Waals surface area contributed by atoms with E-state index in [0.29, 0.717) is 11.4 Å². The highest BCUT2D eigenvalue weighted by molar-refractivity contribution is 5.97. The van der Waals surface area contributed by atoms with Gasteiger partial charge in [0.25, 0.3) is 0 Å². The molecule has 130 valence electrons. The lowest BCUT2D eigenvalue weighted by Gasteiger charge is -2.19. The zero-order chi connectivity index (χ0) is 17.1. The number of anilines is 2. The lowest BCUT2D eigenvalue weighted by atomic mass is 9.95. The lowest BCUT2D eigenvalue weighted by molar-refractivity contribution is -0.123. The van der Waals surface area contributed by atoms with Crippen LogP contribution in [-0.2, 0) is 9.59 Å². The highest BCUT2D eigenvalue weighted by atomic mass is 35.5. The van der Waals surface area contributed by atoms with Gasteiger partial charge in [0.05, 0.1) is 5.92 Å². The number of benzene rings is 1. The first-order chi connectivity index (χ1) is 10.0. The van der Waals surface area contributed by atoms with E-state index in [4.69, 9.17) is 5.73 Å². The fourth-order valence-corrected chi connectivity index (χ4v) is 1.64. The topological polar surface area (TPSA) is 84.2 Å². The number of amides is 2. The van der Waals surface area contributed by atoms with Gasteiger partial charge in [-0.05, 0) is 31.5 Å². The van der Waals surface area contributed by atoms with Crippen LogP contribution in [-0.4, -0.2) is 17.9 Å². The fraction of sp³-hybridized carbons (Fsp3) is 0.529. The normalized spacial score (nSPS) is 13.5. The van der Waals surface area contributed by atoms with E-state index in [0.717, 1.165) is 5.56 Å². The van der Waals surface area contributed by atoms with E-state index in [2.05, 4.69) is 10.6 Å². The molecule has 5 nitrogen and oxygen atoms in total. The van der Waals surface area contributed by atoms with Gasteiger partial charge < -0.3 is 16.4 Å². The number of hydrogen-bond donors (Lipinski definition) is 3. The van der Waals surface area contributed by atoms with Crippen LogP contribution in [0, 0.1) is 18.3 Å². The number of nitrogens with one attached hydrogen (secondary N) is 2. The van der Waals surface area contributed by atoms with Gasteiger partial charge in [-0.2, -0.15) is 0 Å². The number of nitrogens with two attached hydrogens (primary N) is 1. The molecule has 2 atom stereocenters. The maximum absolute atomic E-state index is 12.1. The average molecular weight is 342 g/mol. The molecule has 0 saturated carbocycles. The summed E-state index contributed by atoms with van der Waals surface area (Å²) in [6.45, 7) is 11.1. The summed E-state index contributed by atoms with van der Waals surface area (Å²) >= 11 is 0. The Balaban J connectivity index is 0.00000484. The van der Waals surface area contributed by atoms with Crippen molar-refractivity contribution in [2.45, 2.75) is 47.6 Å². The van der Waals surface area contributed by atoms with E-state index in [9.17, 15) is 9.59 Å². The minimum Gasteiger partial charge on any atom is -0.327 e. The van der Waals surface area contributed by atoms with Gasteiger partial charge in [0.1, 0.15) is 0 Å². The van der Waals surface area contributed by atoms with Crippen LogP contribution < -0.4 is 16.4 Å². The summed E-state index contributed by atoms with van der Waals surface area (Å²) in [5, 5.41) is 5.73. The Hall–Kier alpha value is -1.59. The second-order valence-electron chi connectivity index (χ2n) is 6.87. The van der Waals surface area contributed by atoms with Crippen LogP contribution in [0.3, 0.4) is 0 Å². The molecule has 0 saturated heterocycles. The number of aryl methyl sites for hydroxylation is 1. The van der Waals surface area contributed by atoms with Crippen molar-refractivity contribution in [1.82, 2.24) is 0 Å². The summed E-state index contributed by atoms with van der Waals surface area (Å²) in [7, 11) is 0. The van der Waals surface area contributed by atoms with Crippen LogP contribution in [0.15, 0.2) is 18.2 Å². The molecule has 0 aliphatic heterocycles. The molecule has 1 aromatic carbocycles. The number of carbonyl (C=O) groups excluding carboxylic acids is 2. The van der Waals surface area contributed by atoms with Crippen molar-refractivity contribution in [1.29, 1.82) is 0 Å². The Morgan fingerprint density at radius 2 is 1.70 bits per heavy atom. The molecule has 0 heterocycles. The van der Waals surface area contributed by atoms with Crippen molar-refractivity contribution in [3.63, 3.8) is 0 Å². The first-order valence-corrected chi connectivity index (χ1v) is 7.51. The molecule has 2 amide bonds. The van der Waals surface area contributed by atoms with Crippen LogP contribution in [0.2, 0.25) is 0 Å². The molecule has 0 aliphatic carbocycles. The van der Waals surface area contributed by atoms with Crippen LogP contribution in [0.1, 0.15) is 40.2 Å². The van der Waals surface area contributed by atoms with Gasteiger partial charge in [-0.3, -0.25) is 9.59 Å². The van der Waals surface area contributed by atoms with Gasteiger partial charge in [-0.15, -0.1) is 12.4 Å². The summed E-state index contributed by atoms with van der Waals surface area (Å²) in [5.41, 5.74) is 7.56. The quantitative estimate of drug-likeness (QED) is 0.785. The van der Waals surface area contributed by atoms with Gasteiger partial charge >= 0.3 is 0 Å². The van der Waals surface area contributed by atoms with E-state index in [1.807, 2.05) is 39.8 Å². The molecular weight excluding hydrogens is 314 g/mol. The third-order valence-electron chi connectivity index (χ3n) is 3.64. The summed E-state index contributed by atoms with van der Waals surface area (Å²) < 4.78 is 0. The third-order valence-corrected chi connectivity index (χ3v) is 3.64. The summed E-state index contributed by atoms with van der Waals surface area (Å²) in [5.74, 6) is -0.484. The molecule has 0 aromatic heterocycles. The second-order valence-corrected chi connectivity index (χ2v) is 6.87. The predicted molar refractivity (Wildman–Crippen MR) is 98.0 cm³/mol. The summed E-state index contributed by atoms with van der Waals surface area (Å²) in [4.78, 5) is 24.2. The summed E-state index contributed by atoms with van der Waals surface area (Å²) in [6.07, 6.45) is 0. The Bertz CT molecular complexity index is 565. The molecule has 0 fully saturated rings. The zero-order valence-electron chi connectivity index (χ0n) is 14.7. The van der Waals surface area contributed by atoms with Crippen LogP contribution in [0.5, 0.6) is 0 Å². The molecule has 2 unspecified atom stereocenters. The minimum absolute atomic E-state index is 0. The summed E-state index contributed by atoms with van der Waals surface area (Å²) in [6, 6.07) is 5.24. The Morgan fingerprint density at radius 3 is 2.17 bits per heavy atom. The van der Waals surface area contributed by atoms with Crippen LogP contribution in [0.25, 0.3) is 0 Å². The minimum atomic E-state index is -0.474. The largest absolute Gasteiger partial charge is 0.327 e. The molecule has 6 heteroatoms. The number of rotatable bonds is 4. The molecule has 1 rings (SSSR count). The van der Waals surface area contributed by atoms with E-state index >= 15 is 0 Å². The standard InChI is InChI=1S/C17H27N3O2.ClH/c1-10-7-8-13(19-16(22)17(4,5)6)9-14(10)20-15(21)11(2)12(3)18;/h7-9,11-12H,18H2,1-6H3,(H,19,22)(H,20,21);1H. The average Bonchev–Trinajstić information content (AvgIpc) is 2.40. The van der Waals surface area contributed by atoms with Gasteiger partial charge in [0.15, 0.2) is 0 Å². The van der Waals surface area contributed by atoms with Crippen molar-refractivity contribution >= 4 is 35.6 Å². The highest BCUT2D eigenvalue weighted by Gasteiger charge is 2.22. The van der Waals surface area contributed by atoms with E-state index < -0.39 is 5.41 Å². The highest BCUT2D eigenvalue weighted by Crippen LogP contribution is 2.23. The smallest absolute Gasteiger partial charge is 0.229 e. The third kappa shape index (κ3) is 6.20. The Kier molecular flexibility index (Phi) is 7.74. The van der Waals surface area contributed by atoms with Crippen molar-refractivity contribution in [3.8, 4) is 0 Å². The van der Waals surface area contributed by atoms with Crippen molar-refractivity contribution in [2.75, 3.05) is 10.6 Å². The molecule has 1 aromatic rings. The van der Waals surface area contributed by atoms with Gasteiger partial charge in [-0.1, -0.05) is 33.8 Å². The molecule has 0 spiro atoms. The van der Waals surface area contributed by atoms with Crippen molar-refractivity contribution in [3.05, 3.63) is 23.8 Å². The fourth-order valence-electron chi connectivity index (χ4n) is 1.64. The van der Waals surface area contributed by atoms with Crippen molar-refractivity contribution in [2.24, 2.45) is 17.1 Å². The number of hydrogen-bond acceptors (Lipinski definition) is 3. The van der Waals surface area contributed by atoms with E-state index in [1.165, 1.54) is 0 Å². The van der Waals surface area contributed by atoms with E-state index in [1.54, 1.807) is 19.9 Å². The predicted octanol–water partition coefficient (Wildman–Crippen LogP) is 3.32. The van der Waals surface area contributed by atoms with Crippen molar-refractivity contribution < 1.29 is 9.59 Å². The molecule has 0 radical (unpaired) electrons. The molecule has 0 aliphatic rings. The molecule has 0 bridgehead atoms. The Morgan fingerprint density at radius 1 is 1.13 bits per heavy atom. The SMILES string of the molecule is Cc1ccc(NC(=O)C(C)(C)C)cc1NC(=O)C(C)C(C)N.Cl.